The first-order valence-corrected chi connectivity index (χ1v) is 8.71. The second-order valence-corrected chi connectivity index (χ2v) is 7.22. The van der Waals surface area contributed by atoms with E-state index < -0.39 is 38.4 Å². The molecule has 1 aromatic rings. The summed E-state index contributed by atoms with van der Waals surface area (Å²) in [6, 6.07) is 0.757. The Morgan fingerprint density at radius 2 is 1.74 bits per heavy atom. The number of rotatable bonds is 5. The number of nitrogens with one attached hydrogen (secondary N) is 1. The number of nitrogens with two attached hydrogens (primary N) is 1. The van der Waals surface area contributed by atoms with Crippen LogP contribution in [0.1, 0.15) is 32.1 Å². The second kappa shape index (κ2) is 8.32. The molecule has 3 N–H and O–H groups in total. The minimum Gasteiger partial charge on any atom is -0.329 e. The highest BCUT2D eigenvalue weighted by molar-refractivity contribution is 7.89. The fraction of sp³-hybridized carbons (Fsp3) is 0.571. The van der Waals surface area contributed by atoms with E-state index in [1.165, 1.54) is 0 Å². The number of sulfonamides is 1. The molecule has 1 saturated carbocycles. The minimum absolute atomic E-state index is 0. The molecule has 1 aromatic carbocycles. The van der Waals surface area contributed by atoms with Crippen LogP contribution in [0.3, 0.4) is 0 Å². The zero-order chi connectivity index (χ0) is 16.3. The van der Waals surface area contributed by atoms with Crippen molar-refractivity contribution in [2.45, 2.75) is 43.0 Å². The zero-order valence-electron chi connectivity index (χ0n) is 12.4. The number of hydrogen-bond donors (Lipinski definition) is 2. The molecule has 1 aliphatic carbocycles. The third-order valence-corrected chi connectivity index (χ3v) is 5.58. The minimum atomic E-state index is -4.30. The Kier molecular flexibility index (Phi) is 7.31. The van der Waals surface area contributed by atoms with Crippen molar-refractivity contribution in [3.63, 3.8) is 0 Å². The molecule has 1 aliphatic rings. The van der Waals surface area contributed by atoms with E-state index in [9.17, 15) is 21.6 Å². The van der Waals surface area contributed by atoms with Crippen molar-refractivity contribution >= 4 is 22.4 Å². The van der Waals surface area contributed by atoms with E-state index in [0.717, 1.165) is 32.1 Å². The Bertz CT molecular complexity index is 637. The molecule has 0 saturated heterocycles. The van der Waals surface area contributed by atoms with Gasteiger partial charge in [-0.15, -0.1) is 12.4 Å². The van der Waals surface area contributed by atoms with Gasteiger partial charge >= 0.3 is 0 Å². The Morgan fingerprint density at radius 1 is 1.13 bits per heavy atom. The molecule has 1 fully saturated rings. The van der Waals surface area contributed by atoms with Gasteiger partial charge in [0.2, 0.25) is 10.0 Å². The summed E-state index contributed by atoms with van der Waals surface area (Å²) in [4.78, 5) is -0.902. The molecule has 0 radical (unpaired) electrons. The van der Waals surface area contributed by atoms with Crippen molar-refractivity contribution in [1.29, 1.82) is 0 Å². The summed E-state index contributed by atoms with van der Waals surface area (Å²) in [6.07, 6.45) is 4.75. The lowest BCUT2D eigenvalue weighted by atomic mass is 9.84. The third-order valence-electron chi connectivity index (χ3n) is 4.07. The normalized spacial score (nSPS) is 17.6. The summed E-state index contributed by atoms with van der Waals surface area (Å²) in [6.45, 7) is 0.0647. The van der Waals surface area contributed by atoms with Crippen LogP contribution in [0.2, 0.25) is 0 Å². The van der Waals surface area contributed by atoms with E-state index in [4.69, 9.17) is 5.73 Å². The molecule has 0 spiro atoms. The SMILES string of the molecule is Cl.NCC(NS(=O)(=O)c1ccc(F)c(F)c1F)C1CCCCC1. The lowest BCUT2D eigenvalue weighted by Gasteiger charge is -2.29. The Hall–Kier alpha value is -0.830. The molecule has 1 atom stereocenters. The highest BCUT2D eigenvalue weighted by Crippen LogP contribution is 2.27. The summed E-state index contributed by atoms with van der Waals surface area (Å²) in [5.74, 6) is -4.88. The number of benzene rings is 1. The van der Waals surface area contributed by atoms with E-state index >= 15 is 0 Å². The maximum absolute atomic E-state index is 13.7. The van der Waals surface area contributed by atoms with Crippen LogP contribution in [0.5, 0.6) is 0 Å². The molecule has 0 heterocycles. The summed E-state index contributed by atoms with van der Waals surface area (Å²) < 4.78 is 66.6. The maximum atomic E-state index is 13.7. The predicted molar refractivity (Wildman–Crippen MR) is 83.3 cm³/mol. The Morgan fingerprint density at radius 3 is 2.30 bits per heavy atom. The van der Waals surface area contributed by atoms with E-state index in [1.807, 2.05) is 0 Å². The fourth-order valence-electron chi connectivity index (χ4n) is 2.85. The van der Waals surface area contributed by atoms with Gasteiger partial charge in [0, 0.05) is 12.6 Å². The smallest absolute Gasteiger partial charge is 0.243 e. The van der Waals surface area contributed by atoms with Gasteiger partial charge in [0.15, 0.2) is 17.5 Å². The van der Waals surface area contributed by atoms with Gasteiger partial charge in [-0.3, -0.25) is 0 Å². The molecular formula is C14H20ClF3N2O2S. The fourth-order valence-corrected chi connectivity index (χ4v) is 4.24. The summed E-state index contributed by atoms with van der Waals surface area (Å²) in [5.41, 5.74) is 5.63. The molecule has 9 heteroatoms. The lowest BCUT2D eigenvalue weighted by molar-refractivity contribution is 0.294. The second-order valence-electron chi connectivity index (χ2n) is 5.54. The monoisotopic (exact) mass is 372 g/mol. The largest absolute Gasteiger partial charge is 0.329 e. The maximum Gasteiger partial charge on any atom is 0.243 e. The van der Waals surface area contributed by atoms with Gasteiger partial charge in [-0.2, -0.15) is 0 Å². The average Bonchev–Trinajstić information content (AvgIpc) is 2.51. The van der Waals surface area contributed by atoms with E-state index in [1.54, 1.807) is 0 Å². The molecular weight excluding hydrogens is 353 g/mol. The Labute approximate surface area is 140 Å². The van der Waals surface area contributed by atoms with Crippen LogP contribution in [0, 0.1) is 23.4 Å². The molecule has 0 aliphatic heterocycles. The first-order valence-electron chi connectivity index (χ1n) is 7.22. The standard InChI is InChI=1S/C14H19F3N2O2S.ClH/c15-10-6-7-12(14(17)13(10)16)22(20,21)19-11(8-18)9-4-2-1-3-5-9;/h6-7,9,11,19H,1-5,8,18H2;1H. The van der Waals surface area contributed by atoms with Crippen LogP contribution in [-0.4, -0.2) is 21.0 Å². The van der Waals surface area contributed by atoms with E-state index in [2.05, 4.69) is 4.72 Å². The lowest BCUT2D eigenvalue weighted by Crippen LogP contribution is -2.46. The first-order chi connectivity index (χ1) is 10.4. The van der Waals surface area contributed by atoms with Gasteiger partial charge < -0.3 is 5.73 Å². The summed E-state index contributed by atoms with van der Waals surface area (Å²) >= 11 is 0. The van der Waals surface area contributed by atoms with Gasteiger partial charge in [0.1, 0.15) is 4.90 Å². The number of halogens is 4. The molecule has 0 amide bonds. The van der Waals surface area contributed by atoms with Crippen molar-refractivity contribution in [2.24, 2.45) is 11.7 Å². The van der Waals surface area contributed by atoms with Crippen LogP contribution in [0.4, 0.5) is 13.2 Å². The first kappa shape index (κ1) is 20.2. The van der Waals surface area contributed by atoms with Gasteiger partial charge in [-0.1, -0.05) is 19.3 Å². The van der Waals surface area contributed by atoms with Crippen LogP contribution >= 0.6 is 12.4 Å². The molecule has 1 unspecified atom stereocenters. The van der Waals surface area contributed by atoms with Gasteiger partial charge in [0.05, 0.1) is 0 Å². The molecule has 2 rings (SSSR count). The van der Waals surface area contributed by atoms with Crippen LogP contribution in [0.25, 0.3) is 0 Å². The molecule has 0 aromatic heterocycles. The van der Waals surface area contributed by atoms with Crippen molar-refractivity contribution < 1.29 is 21.6 Å². The van der Waals surface area contributed by atoms with Crippen molar-refractivity contribution in [3.05, 3.63) is 29.6 Å². The highest BCUT2D eigenvalue weighted by Gasteiger charge is 2.30. The van der Waals surface area contributed by atoms with Crippen molar-refractivity contribution in [2.75, 3.05) is 6.54 Å². The average molecular weight is 373 g/mol. The van der Waals surface area contributed by atoms with E-state index in [-0.39, 0.29) is 24.9 Å². The van der Waals surface area contributed by atoms with Gasteiger partial charge in [0.25, 0.3) is 0 Å². The molecule has 23 heavy (non-hydrogen) atoms. The highest BCUT2D eigenvalue weighted by atomic mass is 35.5. The molecule has 0 bridgehead atoms. The third kappa shape index (κ3) is 4.59. The van der Waals surface area contributed by atoms with Crippen LogP contribution < -0.4 is 10.5 Å². The zero-order valence-corrected chi connectivity index (χ0v) is 14.0. The quantitative estimate of drug-likeness (QED) is 0.780. The summed E-state index contributed by atoms with van der Waals surface area (Å²) in [7, 11) is -4.30. The predicted octanol–water partition coefficient (Wildman–Crippen LogP) is 2.71. The Balaban J connectivity index is 0.00000264. The van der Waals surface area contributed by atoms with Crippen molar-refractivity contribution in [3.8, 4) is 0 Å². The van der Waals surface area contributed by atoms with E-state index in [0.29, 0.717) is 12.1 Å². The molecule has 4 nitrogen and oxygen atoms in total. The van der Waals surface area contributed by atoms with Gasteiger partial charge in [-0.25, -0.2) is 26.3 Å². The van der Waals surface area contributed by atoms with Crippen LogP contribution in [0.15, 0.2) is 17.0 Å². The van der Waals surface area contributed by atoms with Gasteiger partial charge in [-0.05, 0) is 30.9 Å². The van der Waals surface area contributed by atoms with Crippen molar-refractivity contribution in [1.82, 2.24) is 4.72 Å². The summed E-state index contributed by atoms with van der Waals surface area (Å²) in [5, 5.41) is 0. The van der Waals surface area contributed by atoms with Crippen LogP contribution in [-0.2, 0) is 10.0 Å². The molecule has 132 valence electrons. The topological polar surface area (TPSA) is 72.2 Å². The number of hydrogen-bond acceptors (Lipinski definition) is 3.